The van der Waals surface area contributed by atoms with E-state index in [1.807, 2.05) is 84.1 Å². The first-order valence-corrected chi connectivity index (χ1v) is 19.8. The molecule has 3 amide bonds. The van der Waals surface area contributed by atoms with Crippen molar-refractivity contribution in [1.82, 2.24) is 19.3 Å². The average molecular weight is 806 g/mol. The van der Waals surface area contributed by atoms with Crippen LogP contribution in [0.1, 0.15) is 54.2 Å². The van der Waals surface area contributed by atoms with Crippen LogP contribution in [0.4, 0.5) is 23.7 Å². The highest BCUT2D eigenvalue weighted by Crippen LogP contribution is 2.38. The number of fused-ring (bicyclic) bond motifs is 2. The fourth-order valence-corrected chi connectivity index (χ4v) is 8.45. The molecule has 1 fully saturated rings. The number of ether oxygens (including phenoxy) is 2. The van der Waals surface area contributed by atoms with Crippen LogP contribution in [-0.4, -0.2) is 89.7 Å². The molecule has 4 aromatic carbocycles. The SMILES string of the molecule is Cc1c(C(=O)N(C)c2ccccc2)cc(-c2cc3c(cc2C(=O)N2Cc4ccccc4C[C@H]2CN2CCOCC2)CN(C(=O)Oc2ccccc2C(F)(F)F)CC3)n1C. The van der Waals surface area contributed by atoms with Crippen molar-refractivity contribution in [3.05, 3.63) is 142 Å². The lowest BCUT2D eigenvalue weighted by atomic mass is 9.89. The van der Waals surface area contributed by atoms with Crippen molar-refractivity contribution in [2.45, 2.75) is 45.1 Å². The third-order valence-corrected chi connectivity index (χ3v) is 11.9. The predicted molar refractivity (Wildman–Crippen MR) is 217 cm³/mol. The summed E-state index contributed by atoms with van der Waals surface area (Å²) in [6, 6.07) is 27.7. The van der Waals surface area contributed by atoms with E-state index in [0.717, 1.165) is 47.7 Å². The molecule has 10 nitrogen and oxygen atoms in total. The molecule has 8 rings (SSSR count). The highest BCUT2D eigenvalue weighted by atomic mass is 19.4. The Kier molecular flexibility index (Phi) is 11.1. The van der Waals surface area contributed by atoms with E-state index in [1.54, 1.807) is 11.9 Å². The van der Waals surface area contributed by atoms with Gasteiger partial charge in [-0.05, 0) is 84.5 Å². The van der Waals surface area contributed by atoms with Crippen molar-refractivity contribution in [1.29, 1.82) is 0 Å². The molecule has 59 heavy (non-hydrogen) atoms. The summed E-state index contributed by atoms with van der Waals surface area (Å²) >= 11 is 0. The number of benzene rings is 4. The van der Waals surface area contributed by atoms with Gasteiger partial charge in [-0.3, -0.25) is 14.5 Å². The van der Waals surface area contributed by atoms with E-state index >= 15 is 4.79 Å². The molecule has 0 N–H and O–H groups in total. The minimum Gasteiger partial charge on any atom is -0.410 e. The normalized spacial score (nSPS) is 16.9. The Bertz CT molecular complexity index is 2390. The zero-order valence-electron chi connectivity index (χ0n) is 33.3. The molecule has 3 aliphatic heterocycles. The number of rotatable bonds is 7. The largest absolute Gasteiger partial charge is 0.419 e. The van der Waals surface area contributed by atoms with Gasteiger partial charge >= 0.3 is 12.3 Å². The van der Waals surface area contributed by atoms with Gasteiger partial charge in [0, 0.05) is 87.6 Å². The second-order valence-corrected chi connectivity index (χ2v) is 15.5. The lowest BCUT2D eigenvalue weighted by molar-refractivity contribution is -0.138. The van der Waals surface area contributed by atoms with Gasteiger partial charge in [-0.25, -0.2) is 4.79 Å². The maximum absolute atomic E-state index is 15.3. The smallest absolute Gasteiger partial charge is 0.410 e. The molecular weight excluding hydrogens is 760 g/mol. The summed E-state index contributed by atoms with van der Waals surface area (Å²) in [4.78, 5) is 50.1. The second-order valence-electron chi connectivity index (χ2n) is 15.5. The summed E-state index contributed by atoms with van der Waals surface area (Å²) in [6.07, 6.45) is -4.57. The molecule has 4 heterocycles. The van der Waals surface area contributed by atoms with Crippen molar-refractivity contribution in [2.75, 3.05) is 51.3 Å². The maximum atomic E-state index is 15.3. The first-order chi connectivity index (χ1) is 28.4. The first kappa shape index (κ1) is 39.9. The molecule has 5 aromatic rings. The standard InChI is InChI=1S/C46H46F3N5O5/c1-30-37(43(55)51(3)35-13-5-4-6-14-35)26-41(50(30)2)38-24-32-17-18-53(45(57)59-42-16-10-9-15-40(42)46(47,48)49)27-34(32)25-39(38)44(56)54-28-33-12-8-7-11-31(33)23-36(54)29-52-19-21-58-22-20-52/h4-16,24-26,36H,17-23,27-29H2,1-3H3/t36-/m0/s1. The predicted octanol–water partition coefficient (Wildman–Crippen LogP) is 7.75. The van der Waals surface area contributed by atoms with Gasteiger partial charge in [0.05, 0.1) is 24.3 Å². The Morgan fingerprint density at radius 1 is 0.814 bits per heavy atom. The molecule has 0 spiro atoms. The van der Waals surface area contributed by atoms with E-state index in [0.29, 0.717) is 67.1 Å². The van der Waals surface area contributed by atoms with Crippen molar-refractivity contribution >= 4 is 23.6 Å². The zero-order valence-corrected chi connectivity index (χ0v) is 33.3. The first-order valence-electron chi connectivity index (χ1n) is 19.8. The van der Waals surface area contributed by atoms with Crippen LogP contribution >= 0.6 is 0 Å². The summed E-state index contributed by atoms with van der Waals surface area (Å²) in [6.45, 7) is 5.94. The van der Waals surface area contributed by atoms with Crippen LogP contribution in [-0.2, 0) is 43.9 Å². The molecule has 0 saturated carbocycles. The molecule has 0 unspecified atom stereocenters. The summed E-state index contributed by atoms with van der Waals surface area (Å²) in [5, 5.41) is 0. The number of halogens is 3. The second kappa shape index (κ2) is 16.4. The van der Waals surface area contributed by atoms with Gasteiger partial charge in [0.2, 0.25) is 0 Å². The number of carbonyl (C=O) groups excluding carboxylic acids is 3. The van der Waals surface area contributed by atoms with E-state index in [9.17, 15) is 22.8 Å². The monoisotopic (exact) mass is 805 g/mol. The van der Waals surface area contributed by atoms with E-state index in [4.69, 9.17) is 9.47 Å². The number of anilines is 1. The number of hydrogen-bond acceptors (Lipinski definition) is 6. The number of amides is 3. The highest BCUT2D eigenvalue weighted by Gasteiger charge is 2.37. The number of morpholine rings is 1. The van der Waals surface area contributed by atoms with E-state index in [1.165, 1.54) is 22.6 Å². The molecule has 1 aromatic heterocycles. The van der Waals surface area contributed by atoms with Gasteiger partial charge in [-0.15, -0.1) is 0 Å². The fourth-order valence-electron chi connectivity index (χ4n) is 8.45. The van der Waals surface area contributed by atoms with E-state index in [2.05, 4.69) is 17.0 Å². The Labute approximate surface area is 341 Å². The quantitative estimate of drug-likeness (QED) is 0.167. The van der Waals surface area contributed by atoms with Gasteiger partial charge in [0.1, 0.15) is 5.75 Å². The number of aromatic nitrogens is 1. The molecule has 1 atom stereocenters. The molecule has 306 valence electrons. The van der Waals surface area contributed by atoms with Gasteiger partial charge in [-0.2, -0.15) is 13.2 Å². The minimum atomic E-state index is -4.71. The fraction of sp³-hybridized carbons (Fsp3) is 0.326. The van der Waals surface area contributed by atoms with Crippen molar-refractivity contribution < 1.29 is 37.0 Å². The number of para-hydroxylation sites is 2. The van der Waals surface area contributed by atoms with Gasteiger partial charge in [-0.1, -0.05) is 54.6 Å². The Hall–Kier alpha value is -5.92. The van der Waals surface area contributed by atoms with Crippen LogP contribution in [0.3, 0.4) is 0 Å². The molecule has 0 aliphatic carbocycles. The maximum Gasteiger partial charge on any atom is 0.419 e. The summed E-state index contributed by atoms with van der Waals surface area (Å²) in [7, 11) is 3.62. The Morgan fingerprint density at radius 2 is 1.51 bits per heavy atom. The van der Waals surface area contributed by atoms with E-state index < -0.39 is 23.6 Å². The third kappa shape index (κ3) is 8.09. The Balaban J connectivity index is 1.18. The number of carbonyl (C=O) groups is 3. The number of hydrogen-bond donors (Lipinski definition) is 0. The molecule has 0 bridgehead atoms. The van der Waals surface area contributed by atoms with Gasteiger partial charge < -0.3 is 28.7 Å². The van der Waals surface area contributed by atoms with Crippen LogP contribution in [0.2, 0.25) is 0 Å². The van der Waals surface area contributed by atoms with E-state index in [-0.39, 0.29) is 30.9 Å². The third-order valence-electron chi connectivity index (χ3n) is 11.9. The molecular formula is C46H46F3N5O5. The summed E-state index contributed by atoms with van der Waals surface area (Å²) in [5.74, 6) is -0.954. The minimum absolute atomic E-state index is 0.0285. The lowest BCUT2D eigenvalue weighted by Crippen LogP contribution is -2.52. The van der Waals surface area contributed by atoms with Crippen LogP contribution in [0.5, 0.6) is 5.75 Å². The summed E-state index contributed by atoms with van der Waals surface area (Å²) < 4.78 is 54.2. The van der Waals surface area contributed by atoms with Crippen molar-refractivity contribution in [3.63, 3.8) is 0 Å². The van der Waals surface area contributed by atoms with Crippen LogP contribution < -0.4 is 9.64 Å². The average Bonchev–Trinajstić information content (AvgIpc) is 3.55. The number of alkyl halides is 3. The van der Waals surface area contributed by atoms with Gasteiger partial charge in [0.15, 0.2) is 0 Å². The molecule has 0 radical (unpaired) electrons. The van der Waals surface area contributed by atoms with Crippen LogP contribution in [0.25, 0.3) is 11.3 Å². The van der Waals surface area contributed by atoms with Crippen molar-refractivity contribution in [2.24, 2.45) is 7.05 Å². The number of nitrogens with zero attached hydrogens (tertiary/aromatic N) is 5. The topological polar surface area (TPSA) is 87.6 Å². The summed E-state index contributed by atoms with van der Waals surface area (Å²) in [5.41, 5.74) is 6.52. The molecule has 1 saturated heterocycles. The van der Waals surface area contributed by atoms with Gasteiger partial charge in [0.25, 0.3) is 11.8 Å². The lowest BCUT2D eigenvalue weighted by Gasteiger charge is -2.41. The highest BCUT2D eigenvalue weighted by molar-refractivity contribution is 6.08. The Morgan fingerprint density at radius 3 is 2.25 bits per heavy atom. The zero-order chi connectivity index (χ0) is 41.4. The van der Waals surface area contributed by atoms with Crippen molar-refractivity contribution in [3.8, 4) is 17.0 Å². The van der Waals surface area contributed by atoms with Crippen LogP contribution in [0.15, 0.2) is 97.1 Å². The van der Waals surface area contributed by atoms with Crippen LogP contribution in [0, 0.1) is 6.92 Å². The molecule has 13 heteroatoms. The molecule has 3 aliphatic rings.